The standard InChI is InChI=1S/C27H23N3O4/c1-4-33-24-11-10-19(27(31)32)12-22(24)30-15-21(18-8-6-5-7-9-18)26-23(30)13-20(14-28-26)25-16(2)29-34-17(25)3/h5-15H,4H2,1-3H3,(H,31,32). The van der Waals surface area contributed by atoms with Crippen molar-refractivity contribution < 1.29 is 19.2 Å². The molecule has 5 aromatic rings. The Morgan fingerprint density at radius 1 is 1.09 bits per heavy atom. The molecular weight excluding hydrogens is 430 g/mol. The molecule has 0 aliphatic heterocycles. The first-order valence-corrected chi connectivity index (χ1v) is 11.0. The molecule has 170 valence electrons. The molecule has 2 aromatic carbocycles. The van der Waals surface area contributed by atoms with Gasteiger partial charge in [0.1, 0.15) is 11.5 Å². The molecule has 3 aromatic heterocycles. The summed E-state index contributed by atoms with van der Waals surface area (Å²) >= 11 is 0. The zero-order valence-electron chi connectivity index (χ0n) is 19.1. The summed E-state index contributed by atoms with van der Waals surface area (Å²) in [5, 5.41) is 13.7. The number of nitrogens with zero attached hydrogens (tertiary/aromatic N) is 3. The summed E-state index contributed by atoms with van der Waals surface area (Å²) in [7, 11) is 0. The highest BCUT2D eigenvalue weighted by molar-refractivity contribution is 5.97. The summed E-state index contributed by atoms with van der Waals surface area (Å²) in [6, 6.07) is 16.9. The zero-order chi connectivity index (χ0) is 23.8. The van der Waals surface area contributed by atoms with Gasteiger partial charge in [-0.15, -0.1) is 0 Å². The van der Waals surface area contributed by atoms with Gasteiger partial charge in [-0.3, -0.25) is 4.98 Å². The molecule has 7 nitrogen and oxygen atoms in total. The van der Waals surface area contributed by atoms with Gasteiger partial charge < -0.3 is 18.9 Å². The molecule has 0 spiro atoms. The van der Waals surface area contributed by atoms with Crippen LogP contribution in [-0.2, 0) is 0 Å². The third-order valence-electron chi connectivity index (χ3n) is 5.81. The number of rotatable bonds is 6. The predicted octanol–water partition coefficient (Wildman–Crippen LogP) is 6.06. The van der Waals surface area contributed by atoms with E-state index in [1.54, 1.807) is 18.2 Å². The maximum atomic E-state index is 11.7. The van der Waals surface area contributed by atoms with Crippen LogP contribution in [0.25, 0.3) is 39.0 Å². The minimum absolute atomic E-state index is 0.177. The average molecular weight is 453 g/mol. The van der Waals surface area contributed by atoms with Gasteiger partial charge in [0.2, 0.25) is 0 Å². The third kappa shape index (κ3) is 3.61. The van der Waals surface area contributed by atoms with Gasteiger partial charge >= 0.3 is 5.97 Å². The molecule has 0 saturated heterocycles. The second-order valence-corrected chi connectivity index (χ2v) is 7.99. The number of pyridine rings is 1. The van der Waals surface area contributed by atoms with Crippen LogP contribution < -0.4 is 4.74 Å². The third-order valence-corrected chi connectivity index (χ3v) is 5.81. The second kappa shape index (κ2) is 8.51. The molecule has 0 aliphatic carbocycles. The Morgan fingerprint density at radius 2 is 1.88 bits per heavy atom. The second-order valence-electron chi connectivity index (χ2n) is 7.99. The Morgan fingerprint density at radius 3 is 2.56 bits per heavy atom. The Labute approximate surface area is 196 Å². The number of aromatic carboxylic acids is 1. The van der Waals surface area contributed by atoms with E-state index in [-0.39, 0.29) is 5.56 Å². The van der Waals surface area contributed by atoms with Crippen LogP contribution in [0.2, 0.25) is 0 Å². The van der Waals surface area contributed by atoms with Crippen molar-refractivity contribution in [3.8, 4) is 33.7 Å². The van der Waals surface area contributed by atoms with Crippen molar-refractivity contribution in [3.05, 3.63) is 84.0 Å². The van der Waals surface area contributed by atoms with Gasteiger partial charge in [-0.25, -0.2) is 4.79 Å². The van der Waals surface area contributed by atoms with Crippen molar-refractivity contribution in [3.63, 3.8) is 0 Å². The van der Waals surface area contributed by atoms with Crippen LogP contribution in [-0.4, -0.2) is 32.4 Å². The molecule has 0 radical (unpaired) electrons. The zero-order valence-corrected chi connectivity index (χ0v) is 19.1. The maximum absolute atomic E-state index is 11.7. The number of fused-ring (bicyclic) bond motifs is 1. The highest BCUT2D eigenvalue weighted by Gasteiger charge is 2.20. The Hall–Kier alpha value is -4.39. The molecule has 0 saturated carbocycles. The van der Waals surface area contributed by atoms with E-state index in [0.29, 0.717) is 23.8 Å². The quantitative estimate of drug-likeness (QED) is 0.336. The number of aryl methyl sites for hydroxylation is 2. The van der Waals surface area contributed by atoms with Crippen molar-refractivity contribution in [1.82, 2.24) is 14.7 Å². The lowest BCUT2D eigenvalue weighted by Crippen LogP contribution is -2.04. The summed E-state index contributed by atoms with van der Waals surface area (Å²) in [5.41, 5.74) is 6.92. The van der Waals surface area contributed by atoms with Gasteiger partial charge in [0, 0.05) is 29.1 Å². The molecule has 1 N–H and O–H groups in total. The van der Waals surface area contributed by atoms with Crippen LogP contribution in [0.1, 0.15) is 28.7 Å². The first-order valence-electron chi connectivity index (χ1n) is 11.0. The smallest absolute Gasteiger partial charge is 0.335 e. The van der Waals surface area contributed by atoms with Crippen LogP contribution in [0.3, 0.4) is 0 Å². The Balaban J connectivity index is 1.83. The predicted molar refractivity (Wildman–Crippen MR) is 130 cm³/mol. The number of carbonyl (C=O) groups is 1. The van der Waals surface area contributed by atoms with Crippen molar-refractivity contribution in [1.29, 1.82) is 0 Å². The molecule has 0 aliphatic rings. The first-order chi connectivity index (χ1) is 16.5. The molecule has 0 atom stereocenters. The van der Waals surface area contributed by atoms with E-state index in [1.807, 2.05) is 74.1 Å². The van der Waals surface area contributed by atoms with Crippen LogP contribution in [0, 0.1) is 13.8 Å². The summed E-state index contributed by atoms with van der Waals surface area (Å²) in [6.07, 6.45) is 3.80. The Bertz CT molecular complexity index is 1500. The van der Waals surface area contributed by atoms with E-state index in [2.05, 4.69) is 5.16 Å². The van der Waals surface area contributed by atoms with Gasteiger partial charge in [0.25, 0.3) is 0 Å². The molecule has 0 bridgehead atoms. The highest BCUT2D eigenvalue weighted by Crippen LogP contribution is 2.37. The van der Waals surface area contributed by atoms with Crippen molar-refractivity contribution in [2.24, 2.45) is 0 Å². The summed E-state index contributed by atoms with van der Waals surface area (Å²) in [4.78, 5) is 16.6. The number of benzene rings is 2. The lowest BCUT2D eigenvalue weighted by molar-refractivity contribution is 0.0697. The fraction of sp³-hybridized carbons (Fsp3) is 0.148. The van der Waals surface area contributed by atoms with Gasteiger partial charge in [0.15, 0.2) is 0 Å². The first kappa shape index (κ1) is 21.5. The number of hydrogen-bond donors (Lipinski definition) is 1. The van der Waals surface area contributed by atoms with Crippen LogP contribution in [0.5, 0.6) is 5.75 Å². The lowest BCUT2D eigenvalue weighted by atomic mass is 10.0. The van der Waals surface area contributed by atoms with E-state index < -0.39 is 5.97 Å². The summed E-state index contributed by atoms with van der Waals surface area (Å²) in [5.74, 6) is 0.299. The summed E-state index contributed by atoms with van der Waals surface area (Å²) in [6.45, 7) is 6.12. The number of carboxylic acid groups (broad SMARTS) is 1. The van der Waals surface area contributed by atoms with Crippen molar-refractivity contribution in [2.45, 2.75) is 20.8 Å². The van der Waals surface area contributed by atoms with Crippen molar-refractivity contribution in [2.75, 3.05) is 6.61 Å². The van der Waals surface area contributed by atoms with Gasteiger partial charge in [-0.05, 0) is 50.6 Å². The topological polar surface area (TPSA) is 90.4 Å². The Kier molecular flexibility index (Phi) is 5.37. The average Bonchev–Trinajstić information content (AvgIpc) is 3.39. The molecular formula is C27H23N3O4. The minimum atomic E-state index is -1.00. The van der Waals surface area contributed by atoms with Gasteiger partial charge in [0.05, 0.1) is 34.6 Å². The van der Waals surface area contributed by atoms with Crippen LogP contribution >= 0.6 is 0 Å². The number of aromatic nitrogens is 3. The maximum Gasteiger partial charge on any atom is 0.335 e. The molecule has 0 fully saturated rings. The minimum Gasteiger partial charge on any atom is -0.492 e. The summed E-state index contributed by atoms with van der Waals surface area (Å²) < 4.78 is 13.2. The number of carboxylic acids is 1. The lowest BCUT2D eigenvalue weighted by Gasteiger charge is -2.13. The highest BCUT2D eigenvalue weighted by atomic mass is 16.5. The van der Waals surface area contributed by atoms with Gasteiger partial charge in [-0.2, -0.15) is 0 Å². The van der Waals surface area contributed by atoms with E-state index in [9.17, 15) is 9.90 Å². The molecule has 5 rings (SSSR count). The normalized spacial score (nSPS) is 11.1. The van der Waals surface area contributed by atoms with Crippen LogP contribution in [0.4, 0.5) is 0 Å². The molecule has 3 heterocycles. The largest absolute Gasteiger partial charge is 0.492 e. The number of hydrogen-bond acceptors (Lipinski definition) is 5. The molecule has 0 amide bonds. The van der Waals surface area contributed by atoms with Crippen LogP contribution in [0.15, 0.2) is 71.5 Å². The van der Waals surface area contributed by atoms with E-state index in [1.165, 1.54) is 0 Å². The van der Waals surface area contributed by atoms with Crippen molar-refractivity contribution >= 4 is 17.0 Å². The van der Waals surface area contributed by atoms with E-state index >= 15 is 0 Å². The fourth-order valence-corrected chi connectivity index (χ4v) is 4.28. The monoisotopic (exact) mass is 453 g/mol. The fourth-order valence-electron chi connectivity index (χ4n) is 4.28. The van der Waals surface area contributed by atoms with E-state index in [0.717, 1.165) is 39.0 Å². The number of ether oxygens (including phenoxy) is 1. The van der Waals surface area contributed by atoms with E-state index in [4.69, 9.17) is 14.2 Å². The molecule has 34 heavy (non-hydrogen) atoms. The molecule has 0 unspecified atom stereocenters. The SMILES string of the molecule is CCOc1ccc(C(=O)O)cc1-n1cc(-c2ccccc2)c2ncc(-c3c(C)noc3C)cc21. The molecule has 7 heteroatoms. The van der Waals surface area contributed by atoms with Gasteiger partial charge in [-0.1, -0.05) is 35.5 Å².